The van der Waals surface area contributed by atoms with Crippen molar-refractivity contribution in [1.29, 1.82) is 0 Å². The van der Waals surface area contributed by atoms with Gasteiger partial charge in [-0.2, -0.15) is 0 Å². The van der Waals surface area contributed by atoms with Crippen LogP contribution in [0.3, 0.4) is 0 Å². The number of aryl methyl sites for hydroxylation is 1. The van der Waals surface area contributed by atoms with Gasteiger partial charge in [0, 0.05) is 18.8 Å². The number of benzene rings is 1. The zero-order valence-corrected chi connectivity index (χ0v) is 9.68. The quantitative estimate of drug-likeness (QED) is 0.882. The van der Waals surface area contributed by atoms with E-state index in [0.717, 1.165) is 11.3 Å². The fourth-order valence-corrected chi connectivity index (χ4v) is 1.68. The highest BCUT2D eigenvalue weighted by atomic mass is 16.4. The van der Waals surface area contributed by atoms with Gasteiger partial charge in [-0.1, -0.05) is 18.2 Å². The van der Waals surface area contributed by atoms with Crippen molar-refractivity contribution in [2.24, 2.45) is 0 Å². The number of nitrogens with zero attached hydrogens (tertiary/aromatic N) is 1. The van der Waals surface area contributed by atoms with Gasteiger partial charge in [0.05, 0.1) is 0 Å². The molecular weight excluding hydrogens is 218 g/mol. The lowest BCUT2D eigenvalue weighted by Gasteiger charge is -2.18. The van der Waals surface area contributed by atoms with E-state index in [-0.39, 0.29) is 5.76 Å². The summed E-state index contributed by atoms with van der Waals surface area (Å²) in [6.45, 7) is 1.99. The summed E-state index contributed by atoms with van der Waals surface area (Å²) < 4.78 is 5.24. The number of carbonyl (C=O) groups is 1. The third-order valence-corrected chi connectivity index (χ3v) is 2.61. The van der Waals surface area contributed by atoms with E-state index >= 15 is 0 Å². The fraction of sp³-hybridized carbons (Fsp3) is 0.154. The summed E-state index contributed by atoms with van der Waals surface area (Å²) in [6, 6.07) is 10.9. The van der Waals surface area contributed by atoms with Gasteiger partial charge in [0.1, 0.15) is 0 Å². The van der Waals surface area contributed by atoms with E-state index in [4.69, 9.17) is 9.52 Å². The maximum absolute atomic E-state index is 10.7. The molecule has 0 bridgehead atoms. The van der Waals surface area contributed by atoms with Crippen molar-refractivity contribution in [3.8, 4) is 0 Å². The Morgan fingerprint density at radius 2 is 1.94 bits per heavy atom. The third kappa shape index (κ3) is 2.15. The van der Waals surface area contributed by atoms with Crippen molar-refractivity contribution in [2.45, 2.75) is 6.92 Å². The van der Waals surface area contributed by atoms with Crippen LogP contribution >= 0.6 is 0 Å². The Labute approximate surface area is 99.1 Å². The first-order valence-corrected chi connectivity index (χ1v) is 5.22. The summed E-state index contributed by atoms with van der Waals surface area (Å²) in [6.07, 6.45) is 0. The monoisotopic (exact) mass is 231 g/mol. The van der Waals surface area contributed by atoms with Crippen LogP contribution in [-0.4, -0.2) is 18.1 Å². The lowest BCUT2D eigenvalue weighted by molar-refractivity contribution is 0.0663. The van der Waals surface area contributed by atoms with Crippen LogP contribution in [0.15, 0.2) is 40.8 Å². The largest absolute Gasteiger partial charge is 0.475 e. The zero-order chi connectivity index (χ0) is 12.4. The SMILES string of the molecule is Cc1ccccc1N(C)c1ccc(C(=O)O)o1. The smallest absolute Gasteiger partial charge is 0.371 e. The Morgan fingerprint density at radius 1 is 1.24 bits per heavy atom. The molecule has 2 rings (SSSR count). The minimum Gasteiger partial charge on any atom is -0.475 e. The van der Waals surface area contributed by atoms with Gasteiger partial charge in [0.2, 0.25) is 11.6 Å². The van der Waals surface area contributed by atoms with E-state index in [1.165, 1.54) is 6.07 Å². The molecule has 4 heteroatoms. The van der Waals surface area contributed by atoms with Crippen LogP contribution in [0, 0.1) is 6.92 Å². The molecule has 0 radical (unpaired) electrons. The van der Waals surface area contributed by atoms with E-state index in [2.05, 4.69) is 0 Å². The molecule has 0 amide bonds. The number of hydrogen-bond donors (Lipinski definition) is 1. The number of furan rings is 1. The average molecular weight is 231 g/mol. The number of hydrogen-bond acceptors (Lipinski definition) is 3. The van der Waals surface area contributed by atoms with Gasteiger partial charge in [0.25, 0.3) is 0 Å². The average Bonchev–Trinajstić information content (AvgIpc) is 2.78. The molecule has 0 aliphatic carbocycles. The third-order valence-electron chi connectivity index (χ3n) is 2.61. The molecule has 17 heavy (non-hydrogen) atoms. The summed E-state index contributed by atoms with van der Waals surface area (Å²) in [7, 11) is 1.84. The zero-order valence-electron chi connectivity index (χ0n) is 9.68. The van der Waals surface area contributed by atoms with Crippen LogP contribution in [0.25, 0.3) is 0 Å². The second-order valence-electron chi connectivity index (χ2n) is 3.79. The van der Waals surface area contributed by atoms with Crippen LogP contribution in [0.2, 0.25) is 0 Å². The van der Waals surface area contributed by atoms with Crippen molar-refractivity contribution >= 4 is 17.5 Å². The molecule has 0 atom stereocenters. The molecule has 0 unspecified atom stereocenters. The highest BCUT2D eigenvalue weighted by Crippen LogP contribution is 2.27. The number of para-hydroxylation sites is 1. The highest BCUT2D eigenvalue weighted by molar-refractivity contribution is 5.85. The number of rotatable bonds is 3. The molecule has 1 heterocycles. The molecule has 4 nitrogen and oxygen atoms in total. The summed E-state index contributed by atoms with van der Waals surface area (Å²) in [5.41, 5.74) is 2.09. The summed E-state index contributed by atoms with van der Waals surface area (Å²) in [4.78, 5) is 12.5. The predicted octanol–water partition coefficient (Wildman–Crippen LogP) is 3.05. The van der Waals surface area contributed by atoms with E-state index in [1.54, 1.807) is 6.07 Å². The highest BCUT2D eigenvalue weighted by Gasteiger charge is 2.13. The van der Waals surface area contributed by atoms with Crippen molar-refractivity contribution in [2.75, 3.05) is 11.9 Å². The molecule has 0 fully saturated rings. The molecule has 0 spiro atoms. The first-order chi connectivity index (χ1) is 8.09. The van der Waals surface area contributed by atoms with Gasteiger partial charge >= 0.3 is 5.97 Å². The maximum atomic E-state index is 10.7. The van der Waals surface area contributed by atoms with Crippen molar-refractivity contribution in [3.05, 3.63) is 47.7 Å². The van der Waals surface area contributed by atoms with Gasteiger partial charge in [0.15, 0.2) is 0 Å². The molecular formula is C13H13NO3. The van der Waals surface area contributed by atoms with Gasteiger partial charge < -0.3 is 14.4 Å². The van der Waals surface area contributed by atoms with E-state index in [9.17, 15) is 4.79 Å². The topological polar surface area (TPSA) is 53.7 Å². The Morgan fingerprint density at radius 3 is 2.53 bits per heavy atom. The van der Waals surface area contributed by atoms with Crippen molar-refractivity contribution < 1.29 is 14.3 Å². The number of carboxylic acid groups (broad SMARTS) is 1. The molecule has 0 aliphatic heterocycles. The Kier molecular flexibility index (Phi) is 2.87. The minimum atomic E-state index is -1.06. The molecule has 1 aromatic heterocycles. The van der Waals surface area contributed by atoms with Crippen LogP contribution in [0.1, 0.15) is 16.1 Å². The molecule has 88 valence electrons. The first kappa shape index (κ1) is 11.3. The Hall–Kier alpha value is -2.23. The summed E-state index contributed by atoms with van der Waals surface area (Å²) in [5, 5.41) is 8.79. The standard InChI is InChI=1S/C13H13NO3/c1-9-5-3-4-6-10(9)14(2)12-8-7-11(17-12)13(15)16/h3-8H,1-2H3,(H,15,16). The van der Waals surface area contributed by atoms with Gasteiger partial charge in [-0.05, 0) is 24.6 Å². The van der Waals surface area contributed by atoms with E-state index < -0.39 is 5.97 Å². The fourth-order valence-electron chi connectivity index (χ4n) is 1.68. The number of anilines is 2. The lowest BCUT2D eigenvalue weighted by Crippen LogP contribution is -2.09. The van der Waals surface area contributed by atoms with E-state index in [0.29, 0.717) is 5.88 Å². The summed E-state index contributed by atoms with van der Waals surface area (Å²) in [5.74, 6) is -0.605. The lowest BCUT2D eigenvalue weighted by atomic mass is 10.2. The van der Waals surface area contributed by atoms with Crippen LogP contribution < -0.4 is 4.90 Å². The number of carboxylic acids is 1. The van der Waals surface area contributed by atoms with Gasteiger partial charge in [-0.15, -0.1) is 0 Å². The second-order valence-corrected chi connectivity index (χ2v) is 3.79. The summed E-state index contributed by atoms with van der Waals surface area (Å²) >= 11 is 0. The van der Waals surface area contributed by atoms with Gasteiger partial charge in [-0.3, -0.25) is 0 Å². The molecule has 2 aromatic rings. The van der Waals surface area contributed by atoms with Crippen LogP contribution in [-0.2, 0) is 0 Å². The minimum absolute atomic E-state index is 0.0552. The number of aromatic carboxylic acids is 1. The molecule has 0 saturated carbocycles. The Balaban J connectivity index is 2.34. The molecule has 0 aliphatic rings. The van der Waals surface area contributed by atoms with Crippen molar-refractivity contribution in [1.82, 2.24) is 0 Å². The molecule has 0 saturated heterocycles. The van der Waals surface area contributed by atoms with Gasteiger partial charge in [-0.25, -0.2) is 4.79 Å². The second kappa shape index (κ2) is 4.33. The Bertz CT molecular complexity index is 545. The van der Waals surface area contributed by atoms with Crippen molar-refractivity contribution in [3.63, 3.8) is 0 Å². The predicted molar refractivity (Wildman–Crippen MR) is 64.9 cm³/mol. The first-order valence-electron chi connectivity index (χ1n) is 5.22. The molecule has 1 aromatic carbocycles. The van der Waals surface area contributed by atoms with Crippen LogP contribution in [0.4, 0.5) is 11.6 Å². The maximum Gasteiger partial charge on any atom is 0.371 e. The normalized spacial score (nSPS) is 10.2. The van der Waals surface area contributed by atoms with Crippen LogP contribution in [0.5, 0.6) is 0 Å². The molecule has 1 N–H and O–H groups in total. The van der Waals surface area contributed by atoms with E-state index in [1.807, 2.05) is 43.1 Å².